The molecule has 0 amide bonds. The molecule has 0 bridgehead atoms. The molecule has 22 heavy (non-hydrogen) atoms. The quantitative estimate of drug-likeness (QED) is 0.809. The summed E-state index contributed by atoms with van der Waals surface area (Å²) in [4.78, 5) is 11.5. The van der Waals surface area contributed by atoms with Gasteiger partial charge in [0.2, 0.25) is 0 Å². The SMILES string of the molecule is Cc1cccc2c(N3CCC4(CCOCC4)CC3)ncnc12. The topological polar surface area (TPSA) is 38.2 Å². The number of aryl methyl sites for hydroxylation is 1. The van der Waals surface area contributed by atoms with E-state index in [9.17, 15) is 0 Å². The predicted octanol–water partition coefficient (Wildman–Crippen LogP) is 3.34. The Hall–Kier alpha value is -1.68. The van der Waals surface area contributed by atoms with Gasteiger partial charge in [-0.2, -0.15) is 0 Å². The van der Waals surface area contributed by atoms with Gasteiger partial charge in [0.1, 0.15) is 12.1 Å². The summed E-state index contributed by atoms with van der Waals surface area (Å²) in [6, 6.07) is 6.37. The van der Waals surface area contributed by atoms with E-state index >= 15 is 0 Å². The van der Waals surface area contributed by atoms with Crippen molar-refractivity contribution in [2.75, 3.05) is 31.2 Å². The number of hydrogen-bond donors (Lipinski definition) is 0. The second kappa shape index (κ2) is 5.51. The number of para-hydroxylation sites is 1. The first-order valence-corrected chi connectivity index (χ1v) is 8.31. The van der Waals surface area contributed by atoms with E-state index in [0.29, 0.717) is 5.41 Å². The summed E-state index contributed by atoms with van der Waals surface area (Å²) in [7, 11) is 0. The van der Waals surface area contributed by atoms with Crippen molar-refractivity contribution in [3.63, 3.8) is 0 Å². The van der Waals surface area contributed by atoms with Crippen LogP contribution in [0.2, 0.25) is 0 Å². The molecule has 0 atom stereocenters. The molecule has 1 spiro atoms. The smallest absolute Gasteiger partial charge is 0.139 e. The molecule has 0 saturated carbocycles. The summed E-state index contributed by atoms with van der Waals surface area (Å²) in [5.74, 6) is 1.11. The average Bonchev–Trinajstić information content (AvgIpc) is 2.57. The molecular weight excluding hydrogens is 274 g/mol. The monoisotopic (exact) mass is 297 g/mol. The van der Waals surface area contributed by atoms with E-state index in [1.165, 1.54) is 36.6 Å². The molecule has 2 aliphatic rings. The van der Waals surface area contributed by atoms with Crippen molar-refractivity contribution in [3.05, 3.63) is 30.1 Å². The van der Waals surface area contributed by atoms with Gasteiger partial charge in [-0.15, -0.1) is 0 Å². The molecule has 3 heterocycles. The fourth-order valence-electron chi connectivity index (χ4n) is 3.97. The largest absolute Gasteiger partial charge is 0.381 e. The zero-order valence-electron chi connectivity index (χ0n) is 13.2. The number of fused-ring (bicyclic) bond motifs is 1. The first-order valence-electron chi connectivity index (χ1n) is 8.31. The van der Waals surface area contributed by atoms with Crippen LogP contribution in [-0.4, -0.2) is 36.3 Å². The molecule has 0 radical (unpaired) electrons. The number of nitrogens with zero attached hydrogens (tertiary/aromatic N) is 3. The minimum atomic E-state index is 0.521. The highest BCUT2D eigenvalue weighted by molar-refractivity contribution is 5.91. The van der Waals surface area contributed by atoms with Crippen molar-refractivity contribution >= 4 is 16.7 Å². The van der Waals surface area contributed by atoms with Gasteiger partial charge in [-0.3, -0.25) is 0 Å². The molecule has 4 heteroatoms. The minimum absolute atomic E-state index is 0.521. The van der Waals surface area contributed by atoms with E-state index in [-0.39, 0.29) is 0 Å². The second-order valence-electron chi connectivity index (χ2n) is 6.77. The van der Waals surface area contributed by atoms with Gasteiger partial charge >= 0.3 is 0 Å². The number of ether oxygens (including phenoxy) is 1. The minimum Gasteiger partial charge on any atom is -0.381 e. The number of anilines is 1. The summed E-state index contributed by atoms with van der Waals surface area (Å²) in [6.45, 7) is 6.19. The van der Waals surface area contributed by atoms with Gasteiger partial charge in [0, 0.05) is 31.7 Å². The standard InChI is InChI=1S/C18H23N3O/c1-14-3-2-4-15-16(14)19-13-20-17(15)21-9-5-18(6-10-21)7-11-22-12-8-18/h2-4,13H,5-12H2,1H3. The van der Waals surface area contributed by atoms with Crippen molar-refractivity contribution in [1.29, 1.82) is 0 Å². The normalized spacial score (nSPS) is 21.4. The van der Waals surface area contributed by atoms with E-state index in [0.717, 1.165) is 37.6 Å². The van der Waals surface area contributed by atoms with Crippen LogP contribution in [0.3, 0.4) is 0 Å². The zero-order chi connectivity index (χ0) is 15.0. The van der Waals surface area contributed by atoms with Gasteiger partial charge in [-0.05, 0) is 49.7 Å². The highest BCUT2D eigenvalue weighted by Crippen LogP contribution is 2.41. The van der Waals surface area contributed by atoms with E-state index in [2.05, 4.69) is 40.0 Å². The Balaban J connectivity index is 1.60. The third-order valence-corrected chi connectivity index (χ3v) is 5.52. The van der Waals surface area contributed by atoms with Gasteiger partial charge in [-0.25, -0.2) is 9.97 Å². The van der Waals surface area contributed by atoms with Crippen molar-refractivity contribution in [3.8, 4) is 0 Å². The molecule has 1 aromatic carbocycles. The molecule has 1 aromatic heterocycles. The molecule has 0 unspecified atom stereocenters. The predicted molar refractivity (Wildman–Crippen MR) is 88.2 cm³/mol. The first-order chi connectivity index (χ1) is 10.8. The Kier molecular flexibility index (Phi) is 3.49. The highest BCUT2D eigenvalue weighted by Gasteiger charge is 2.36. The van der Waals surface area contributed by atoms with Crippen LogP contribution in [0, 0.1) is 12.3 Å². The molecule has 2 saturated heterocycles. The van der Waals surface area contributed by atoms with Crippen LogP contribution < -0.4 is 4.90 Å². The molecule has 2 fully saturated rings. The van der Waals surface area contributed by atoms with E-state index in [1.807, 2.05) is 0 Å². The first kappa shape index (κ1) is 13.9. The Labute approximate surface area is 131 Å². The van der Waals surface area contributed by atoms with E-state index in [4.69, 9.17) is 4.74 Å². The van der Waals surface area contributed by atoms with Crippen LogP contribution >= 0.6 is 0 Å². The Bertz CT molecular complexity index is 669. The molecule has 0 aliphatic carbocycles. The number of rotatable bonds is 1. The van der Waals surface area contributed by atoms with Crippen molar-refractivity contribution < 1.29 is 4.74 Å². The summed E-state index contributed by atoms with van der Waals surface area (Å²) >= 11 is 0. The molecule has 4 nitrogen and oxygen atoms in total. The van der Waals surface area contributed by atoms with Gasteiger partial charge < -0.3 is 9.64 Å². The van der Waals surface area contributed by atoms with Crippen molar-refractivity contribution in [1.82, 2.24) is 9.97 Å². The average molecular weight is 297 g/mol. The van der Waals surface area contributed by atoms with E-state index < -0.39 is 0 Å². The fourth-order valence-corrected chi connectivity index (χ4v) is 3.97. The molecule has 116 valence electrons. The number of piperidine rings is 1. The molecular formula is C18H23N3O. The lowest BCUT2D eigenvalue weighted by atomic mass is 9.72. The highest BCUT2D eigenvalue weighted by atomic mass is 16.5. The Morgan fingerprint density at radius 2 is 1.82 bits per heavy atom. The van der Waals surface area contributed by atoms with E-state index in [1.54, 1.807) is 6.33 Å². The number of benzene rings is 1. The summed E-state index contributed by atoms with van der Waals surface area (Å²) in [5, 5.41) is 1.19. The maximum atomic E-state index is 5.55. The third kappa shape index (κ3) is 2.35. The maximum absolute atomic E-state index is 5.55. The maximum Gasteiger partial charge on any atom is 0.139 e. The molecule has 2 aliphatic heterocycles. The van der Waals surface area contributed by atoms with Crippen LogP contribution in [0.1, 0.15) is 31.2 Å². The lowest BCUT2D eigenvalue weighted by molar-refractivity contribution is 0.00208. The van der Waals surface area contributed by atoms with Gasteiger partial charge in [0.05, 0.1) is 5.52 Å². The Morgan fingerprint density at radius 3 is 2.59 bits per heavy atom. The van der Waals surface area contributed by atoms with Crippen molar-refractivity contribution in [2.45, 2.75) is 32.6 Å². The number of hydrogen-bond acceptors (Lipinski definition) is 4. The van der Waals surface area contributed by atoms with Crippen LogP contribution in [0.15, 0.2) is 24.5 Å². The lowest BCUT2D eigenvalue weighted by Gasteiger charge is -2.44. The van der Waals surface area contributed by atoms with Gasteiger partial charge in [-0.1, -0.05) is 12.1 Å². The van der Waals surface area contributed by atoms with Gasteiger partial charge in [0.15, 0.2) is 0 Å². The summed E-state index contributed by atoms with van der Waals surface area (Å²) in [6.07, 6.45) is 6.68. The van der Waals surface area contributed by atoms with Crippen LogP contribution in [0.5, 0.6) is 0 Å². The fraction of sp³-hybridized carbons (Fsp3) is 0.556. The second-order valence-corrected chi connectivity index (χ2v) is 6.77. The van der Waals surface area contributed by atoms with Crippen LogP contribution in [0.4, 0.5) is 5.82 Å². The van der Waals surface area contributed by atoms with Gasteiger partial charge in [0.25, 0.3) is 0 Å². The zero-order valence-corrected chi connectivity index (χ0v) is 13.2. The van der Waals surface area contributed by atoms with Crippen LogP contribution in [0.25, 0.3) is 10.9 Å². The Morgan fingerprint density at radius 1 is 1.05 bits per heavy atom. The summed E-state index contributed by atoms with van der Waals surface area (Å²) < 4.78 is 5.55. The molecule has 0 N–H and O–H groups in total. The lowest BCUT2D eigenvalue weighted by Crippen LogP contribution is -2.43. The third-order valence-electron chi connectivity index (χ3n) is 5.52. The number of aromatic nitrogens is 2. The molecule has 4 rings (SSSR count). The molecule has 2 aromatic rings. The van der Waals surface area contributed by atoms with Crippen molar-refractivity contribution in [2.24, 2.45) is 5.41 Å². The summed E-state index contributed by atoms with van der Waals surface area (Å²) in [5.41, 5.74) is 2.82. The van der Waals surface area contributed by atoms with Crippen LogP contribution in [-0.2, 0) is 4.74 Å².